The topological polar surface area (TPSA) is 93.4 Å². The quantitative estimate of drug-likeness (QED) is 0.574. The minimum atomic E-state index is -0.362. The van der Waals surface area contributed by atoms with E-state index in [4.69, 9.17) is 24.9 Å². The summed E-state index contributed by atoms with van der Waals surface area (Å²) in [6.07, 6.45) is 0.816. The smallest absolute Gasteiger partial charge is 0.320 e. The van der Waals surface area contributed by atoms with E-state index < -0.39 is 0 Å². The van der Waals surface area contributed by atoms with Gasteiger partial charge in [-0.1, -0.05) is 12.1 Å². The van der Waals surface area contributed by atoms with Gasteiger partial charge in [0.15, 0.2) is 11.5 Å². The van der Waals surface area contributed by atoms with Gasteiger partial charge in [0.25, 0.3) is 0 Å². The standard InChI is InChI=1S/C27H32FN5O4/c1-35-22-17-21-25(24(26(22)36-2)18-5-3-6-19(28)15-18)20(29)16-23(30-21)31-7-4-8-32(10-9-31)27(34)33-11-13-37-14-12-33/h3,5-6,15-17H,4,7-14H2,1-2H3,(H2,29,30). The maximum absolute atomic E-state index is 14.2. The fourth-order valence-electron chi connectivity index (χ4n) is 5.10. The first kappa shape index (κ1) is 24.9. The molecule has 0 bridgehead atoms. The number of nitrogens with zero attached hydrogens (tertiary/aromatic N) is 4. The Labute approximate surface area is 215 Å². The summed E-state index contributed by atoms with van der Waals surface area (Å²) >= 11 is 0. The molecule has 3 heterocycles. The number of ether oxygens (including phenoxy) is 3. The van der Waals surface area contributed by atoms with Gasteiger partial charge in [-0.3, -0.25) is 0 Å². The van der Waals surface area contributed by atoms with Crippen LogP contribution in [0.25, 0.3) is 22.0 Å². The summed E-state index contributed by atoms with van der Waals surface area (Å²) in [5.74, 6) is 1.31. The molecule has 2 amide bonds. The number of nitrogen functional groups attached to an aromatic ring is 1. The van der Waals surface area contributed by atoms with Gasteiger partial charge in [-0.2, -0.15) is 0 Å². The summed E-state index contributed by atoms with van der Waals surface area (Å²) in [5.41, 5.74) is 9.01. The molecule has 5 rings (SSSR count). The summed E-state index contributed by atoms with van der Waals surface area (Å²) in [6, 6.07) is 9.99. The molecule has 0 unspecified atom stereocenters. The third-order valence-corrected chi connectivity index (χ3v) is 6.94. The number of benzene rings is 2. The molecule has 1 aromatic heterocycles. The number of pyridine rings is 1. The number of rotatable bonds is 4. The van der Waals surface area contributed by atoms with Gasteiger partial charge in [-0.05, 0) is 24.1 Å². The van der Waals surface area contributed by atoms with Gasteiger partial charge >= 0.3 is 6.03 Å². The largest absolute Gasteiger partial charge is 0.493 e. The van der Waals surface area contributed by atoms with Gasteiger partial charge < -0.3 is 34.6 Å². The highest BCUT2D eigenvalue weighted by Gasteiger charge is 2.26. The first-order valence-electron chi connectivity index (χ1n) is 12.5. The van der Waals surface area contributed by atoms with Gasteiger partial charge in [0.2, 0.25) is 0 Å². The lowest BCUT2D eigenvalue weighted by atomic mass is 9.97. The van der Waals surface area contributed by atoms with E-state index in [0.717, 1.165) is 18.8 Å². The number of morpholine rings is 1. The predicted octanol–water partition coefficient (Wildman–Crippen LogP) is 3.60. The lowest BCUT2D eigenvalue weighted by Crippen LogP contribution is -2.49. The van der Waals surface area contributed by atoms with Crippen molar-refractivity contribution in [3.05, 3.63) is 42.2 Å². The molecular weight excluding hydrogens is 477 g/mol. The highest BCUT2D eigenvalue weighted by atomic mass is 19.1. The Balaban J connectivity index is 1.49. The minimum Gasteiger partial charge on any atom is -0.493 e. The molecule has 9 nitrogen and oxygen atoms in total. The fourth-order valence-corrected chi connectivity index (χ4v) is 5.10. The van der Waals surface area contributed by atoms with Crippen LogP contribution in [0.5, 0.6) is 11.5 Å². The van der Waals surface area contributed by atoms with E-state index in [1.165, 1.54) is 12.1 Å². The molecule has 2 aliphatic heterocycles. The number of fused-ring (bicyclic) bond motifs is 1. The zero-order valence-corrected chi connectivity index (χ0v) is 21.2. The molecule has 2 aromatic carbocycles. The van der Waals surface area contributed by atoms with Crippen molar-refractivity contribution in [2.45, 2.75) is 6.42 Å². The first-order valence-corrected chi connectivity index (χ1v) is 12.5. The van der Waals surface area contributed by atoms with Crippen LogP contribution < -0.4 is 20.1 Å². The van der Waals surface area contributed by atoms with Crippen LogP contribution in [-0.4, -0.2) is 87.5 Å². The van der Waals surface area contributed by atoms with Gasteiger partial charge in [-0.25, -0.2) is 14.2 Å². The number of carbonyl (C=O) groups excluding carboxylic acids is 1. The van der Waals surface area contributed by atoms with Crippen molar-refractivity contribution in [1.29, 1.82) is 0 Å². The first-order chi connectivity index (χ1) is 18.0. The second kappa shape index (κ2) is 10.7. The second-order valence-corrected chi connectivity index (χ2v) is 9.17. The Hall–Kier alpha value is -3.79. The zero-order chi connectivity index (χ0) is 25.9. The monoisotopic (exact) mass is 509 g/mol. The summed E-state index contributed by atoms with van der Waals surface area (Å²) in [4.78, 5) is 23.9. The summed E-state index contributed by atoms with van der Waals surface area (Å²) in [5, 5.41) is 0.672. The van der Waals surface area contributed by atoms with Crippen molar-refractivity contribution in [2.24, 2.45) is 0 Å². The fraction of sp³-hybridized carbons (Fsp3) is 0.407. The van der Waals surface area contributed by atoms with Crippen molar-refractivity contribution in [3.8, 4) is 22.6 Å². The summed E-state index contributed by atoms with van der Waals surface area (Å²) in [6.45, 7) is 5.07. The van der Waals surface area contributed by atoms with Crippen molar-refractivity contribution in [2.75, 3.05) is 77.3 Å². The van der Waals surface area contributed by atoms with Gasteiger partial charge in [0.05, 0.1) is 33.0 Å². The Morgan fingerprint density at radius 2 is 1.78 bits per heavy atom. The van der Waals surface area contributed by atoms with E-state index in [-0.39, 0.29) is 11.8 Å². The summed E-state index contributed by atoms with van der Waals surface area (Å²) < 4.78 is 30.8. The van der Waals surface area contributed by atoms with Crippen molar-refractivity contribution in [3.63, 3.8) is 0 Å². The number of hydrogen-bond acceptors (Lipinski definition) is 7. The molecule has 0 spiro atoms. The van der Waals surface area contributed by atoms with Gasteiger partial charge in [-0.15, -0.1) is 0 Å². The molecule has 0 radical (unpaired) electrons. The number of methoxy groups -OCH3 is 2. The predicted molar refractivity (Wildman–Crippen MR) is 141 cm³/mol. The molecule has 3 aromatic rings. The molecule has 0 saturated carbocycles. The van der Waals surface area contributed by atoms with Crippen molar-refractivity contribution in [1.82, 2.24) is 14.8 Å². The third kappa shape index (κ3) is 4.93. The highest BCUT2D eigenvalue weighted by Crippen LogP contribution is 2.46. The average Bonchev–Trinajstić information content (AvgIpc) is 3.18. The van der Waals surface area contributed by atoms with Crippen LogP contribution in [0.15, 0.2) is 36.4 Å². The van der Waals surface area contributed by atoms with Crippen LogP contribution in [-0.2, 0) is 4.74 Å². The van der Waals surface area contributed by atoms with E-state index in [1.807, 2.05) is 21.9 Å². The number of amides is 2. The number of carbonyl (C=O) groups is 1. The number of halogens is 1. The van der Waals surface area contributed by atoms with Crippen LogP contribution in [0.2, 0.25) is 0 Å². The molecule has 2 fully saturated rings. The molecule has 2 N–H and O–H groups in total. The van der Waals surface area contributed by atoms with E-state index >= 15 is 0 Å². The maximum atomic E-state index is 14.2. The van der Waals surface area contributed by atoms with E-state index in [2.05, 4.69) is 4.90 Å². The molecule has 2 aliphatic rings. The van der Waals surface area contributed by atoms with Crippen LogP contribution in [0.3, 0.4) is 0 Å². The SMILES string of the molecule is COc1cc2nc(N3CCCN(C(=O)N4CCOCC4)CC3)cc(N)c2c(-c2cccc(F)c2)c1OC. The van der Waals surface area contributed by atoms with Crippen LogP contribution >= 0.6 is 0 Å². The third-order valence-electron chi connectivity index (χ3n) is 6.94. The Morgan fingerprint density at radius 3 is 2.51 bits per heavy atom. The highest BCUT2D eigenvalue weighted by molar-refractivity contribution is 6.07. The van der Waals surface area contributed by atoms with Crippen molar-refractivity contribution < 1.29 is 23.4 Å². The lowest BCUT2D eigenvalue weighted by molar-refractivity contribution is 0.0438. The molecule has 2 saturated heterocycles. The number of nitrogens with two attached hydrogens (primary N) is 1. The zero-order valence-electron chi connectivity index (χ0n) is 21.2. The number of aromatic nitrogens is 1. The van der Waals surface area contributed by atoms with Crippen molar-refractivity contribution >= 4 is 28.4 Å². The van der Waals surface area contributed by atoms with Gasteiger partial charge in [0.1, 0.15) is 11.6 Å². The molecule has 0 aliphatic carbocycles. The number of hydrogen-bond donors (Lipinski definition) is 1. The molecule has 196 valence electrons. The van der Waals surface area contributed by atoms with Crippen LogP contribution in [0, 0.1) is 5.82 Å². The average molecular weight is 510 g/mol. The summed E-state index contributed by atoms with van der Waals surface area (Å²) in [7, 11) is 3.10. The molecular formula is C27H32FN5O4. The number of anilines is 2. The lowest BCUT2D eigenvalue weighted by Gasteiger charge is -2.32. The van der Waals surface area contributed by atoms with Crippen LogP contribution in [0.1, 0.15) is 6.42 Å². The van der Waals surface area contributed by atoms with E-state index in [9.17, 15) is 9.18 Å². The van der Waals surface area contributed by atoms with Crippen LogP contribution in [0.4, 0.5) is 20.7 Å². The van der Waals surface area contributed by atoms with E-state index in [0.29, 0.717) is 85.2 Å². The maximum Gasteiger partial charge on any atom is 0.320 e. The minimum absolute atomic E-state index is 0.0627. The Kier molecular flexibility index (Phi) is 7.18. The molecule has 37 heavy (non-hydrogen) atoms. The molecule has 0 atom stereocenters. The van der Waals surface area contributed by atoms with E-state index in [1.54, 1.807) is 26.4 Å². The second-order valence-electron chi connectivity index (χ2n) is 9.17. The van der Waals surface area contributed by atoms with Gasteiger partial charge in [0, 0.05) is 68.0 Å². The molecule has 10 heteroatoms. The Morgan fingerprint density at radius 1 is 1.00 bits per heavy atom. The number of urea groups is 1. The Bertz CT molecular complexity index is 1300. The normalized spacial score (nSPS) is 16.6.